The molecule has 4 heteroatoms. The van der Waals surface area contributed by atoms with Gasteiger partial charge >= 0.3 is 0 Å². The van der Waals surface area contributed by atoms with Crippen LogP contribution in [0.4, 0.5) is 0 Å². The van der Waals surface area contributed by atoms with E-state index in [0.29, 0.717) is 6.04 Å². The second-order valence-corrected chi connectivity index (χ2v) is 6.70. The first-order valence-electron chi connectivity index (χ1n) is 6.72. The standard InChI is InChI=1S/C14H24N2OS/c1-11(2)16(10-12-5-4-8-18-12)13-9-15-7-6-14(13,3)17/h4-5,8,11,13,15,17H,6-7,9-10H2,1-3H3. The van der Waals surface area contributed by atoms with Crippen LogP contribution in [0.3, 0.4) is 0 Å². The van der Waals surface area contributed by atoms with Crippen molar-refractivity contribution in [3.63, 3.8) is 0 Å². The summed E-state index contributed by atoms with van der Waals surface area (Å²) in [5.41, 5.74) is -0.590. The topological polar surface area (TPSA) is 35.5 Å². The lowest BCUT2D eigenvalue weighted by molar-refractivity contribution is -0.0651. The van der Waals surface area contributed by atoms with E-state index >= 15 is 0 Å². The summed E-state index contributed by atoms with van der Waals surface area (Å²) in [7, 11) is 0. The Bertz CT molecular complexity index is 362. The Morgan fingerprint density at radius 1 is 1.61 bits per heavy atom. The zero-order chi connectivity index (χ0) is 13.2. The Morgan fingerprint density at radius 2 is 2.39 bits per heavy atom. The quantitative estimate of drug-likeness (QED) is 0.877. The van der Waals surface area contributed by atoms with Gasteiger partial charge in [0.05, 0.1) is 11.6 Å². The average Bonchev–Trinajstić information content (AvgIpc) is 2.78. The number of nitrogens with one attached hydrogen (secondary N) is 1. The van der Waals surface area contributed by atoms with Crippen molar-refractivity contribution in [2.24, 2.45) is 0 Å². The van der Waals surface area contributed by atoms with Gasteiger partial charge in [0.15, 0.2) is 0 Å². The molecule has 2 atom stereocenters. The molecule has 0 bridgehead atoms. The van der Waals surface area contributed by atoms with Gasteiger partial charge in [-0.05, 0) is 45.2 Å². The first-order valence-corrected chi connectivity index (χ1v) is 7.60. The van der Waals surface area contributed by atoms with E-state index in [1.807, 2.05) is 6.92 Å². The third-order valence-electron chi connectivity index (χ3n) is 3.85. The molecule has 102 valence electrons. The second kappa shape index (κ2) is 5.70. The number of rotatable bonds is 4. The average molecular weight is 268 g/mol. The minimum Gasteiger partial charge on any atom is -0.388 e. The van der Waals surface area contributed by atoms with Gasteiger partial charge in [-0.15, -0.1) is 11.3 Å². The van der Waals surface area contributed by atoms with Crippen LogP contribution in [0.15, 0.2) is 17.5 Å². The van der Waals surface area contributed by atoms with E-state index in [-0.39, 0.29) is 6.04 Å². The Kier molecular flexibility index (Phi) is 4.43. The predicted octanol–water partition coefficient (Wildman–Crippen LogP) is 2.07. The zero-order valence-corrected chi connectivity index (χ0v) is 12.3. The molecule has 1 aromatic heterocycles. The van der Waals surface area contributed by atoms with Crippen molar-refractivity contribution in [3.05, 3.63) is 22.4 Å². The molecule has 1 aliphatic rings. The van der Waals surface area contributed by atoms with Crippen LogP contribution in [0.25, 0.3) is 0 Å². The van der Waals surface area contributed by atoms with Crippen molar-refractivity contribution < 1.29 is 5.11 Å². The summed E-state index contributed by atoms with van der Waals surface area (Å²) in [6, 6.07) is 4.89. The number of aliphatic hydroxyl groups is 1. The van der Waals surface area contributed by atoms with Gasteiger partial charge < -0.3 is 10.4 Å². The van der Waals surface area contributed by atoms with Crippen molar-refractivity contribution >= 4 is 11.3 Å². The molecule has 0 aromatic carbocycles. The highest BCUT2D eigenvalue weighted by Gasteiger charge is 2.39. The molecule has 0 aliphatic carbocycles. The molecule has 1 aromatic rings. The molecule has 0 spiro atoms. The van der Waals surface area contributed by atoms with Gasteiger partial charge in [0.25, 0.3) is 0 Å². The third-order valence-corrected chi connectivity index (χ3v) is 4.71. The monoisotopic (exact) mass is 268 g/mol. The zero-order valence-electron chi connectivity index (χ0n) is 11.5. The van der Waals surface area contributed by atoms with Crippen LogP contribution >= 0.6 is 11.3 Å². The normalized spacial score (nSPS) is 29.1. The molecule has 1 saturated heterocycles. The number of nitrogens with zero attached hydrogens (tertiary/aromatic N) is 1. The van der Waals surface area contributed by atoms with Gasteiger partial charge in [0, 0.05) is 24.0 Å². The van der Waals surface area contributed by atoms with E-state index in [2.05, 4.69) is 41.6 Å². The van der Waals surface area contributed by atoms with E-state index in [1.165, 1.54) is 4.88 Å². The Labute approximate surface area is 114 Å². The largest absolute Gasteiger partial charge is 0.388 e. The highest BCUT2D eigenvalue weighted by Crippen LogP contribution is 2.26. The van der Waals surface area contributed by atoms with Crippen molar-refractivity contribution in [1.82, 2.24) is 10.2 Å². The van der Waals surface area contributed by atoms with Gasteiger partial charge in [-0.25, -0.2) is 0 Å². The maximum Gasteiger partial charge on any atom is 0.0798 e. The van der Waals surface area contributed by atoms with Crippen LogP contribution in [-0.2, 0) is 6.54 Å². The van der Waals surface area contributed by atoms with E-state index in [1.54, 1.807) is 11.3 Å². The van der Waals surface area contributed by atoms with Crippen molar-refractivity contribution in [1.29, 1.82) is 0 Å². The molecule has 18 heavy (non-hydrogen) atoms. The fourth-order valence-electron chi connectivity index (χ4n) is 2.68. The van der Waals surface area contributed by atoms with Gasteiger partial charge in [-0.1, -0.05) is 6.07 Å². The molecule has 0 amide bonds. The minimum atomic E-state index is -0.590. The molecular formula is C14H24N2OS. The van der Waals surface area contributed by atoms with Crippen LogP contribution < -0.4 is 5.32 Å². The van der Waals surface area contributed by atoms with Crippen molar-refractivity contribution in [2.75, 3.05) is 13.1 Å². The number of thiophene rings is 1. The molecular weight excluding hydrogens is 244 g/mol. The Morgan fingerprint density at radius 3 is 2.94 bits per heavy atom. The van der Waals surface area contributed by atoms with Crippen molar-refractivity contribution in [2.45, 2.75) is 51.4 Å². The van der Waals surface area contributed by atoms with E-state index in [4.69, 9.17) is 0 Å². The molecule has 2 N–H and O–H groups in total. The number of piperidine rings is 1. The molecule has 2 unspecified atom stereocenters. The summed E-state index contributed by atoms with van der Waals surface area (Å²) in [5.74, 6) is 0. The summed E-state index contributed by atoms with van der Waals surface area (Å²) < 4.78 is 0. The molecule has 0 radical (unpaired) electrons. The summed E-state index contributed by atoms with van der Waals surface area (Å²) in [5, 5.41) is 16.1. The summed E-state index contributed by atoms with van der Waals surface area (Å²) in [6.45, 7) is 9.10. The maximum atomic E-state index is 10.6. The van der Waals surface area contributed by atoms with Gasteiger partial charge in [-0.3, -0.25) is 4.90 Å². The third kappa shape index (κ3) is 3.12. The van der Waals surface area contributed by atoms with Crippen LogP contribution in [0.1, 0.15) is 32.1 Å². The summed E-state index contributed by atoms with van der Waals surface area (Å²) in [6.07, 6.45) is 0.825. The lowest BCUT2D eigenvalue weighted by atomic mass is 9.87. The molecule has 0 saturated carbocycles. The second-order valence-electron chi connectivity index (χ2n) is 5.67. The van der Waals surface area contributed by atoms with Crippen molar-refractivity contribution in [3.8, 4) is 0 Å². The van der Waals surface area contributed by atoms with Gasteiger partial charge in [0.1, 0.15) is 0 Å². The molecule has 1 fully saturated rings. The van der Waals surface area contributed by atoms with E-state index in [0.717, 1.165) is 26.1 Å². The molecule has 1 aliphatic heterocycles. The fourth-order valence-corrected chi connectivity index (χ4v) is 3.39. The van der Waals surface area contributed by atoms with Gasteiger partial charge in [-0.2, -0.15) is 0 Å². The number of hydrogen-bond acceptors (Lipinski definition) is 4. The van der Waals surface area contributed by atoms with Gasteiger partial charge in [0.2, 0.25) is 0 Å². The van der Waals surface area contributed by atoms with Crippen LogP contribution in [-0.4, -0.2) is 40.8 Å². The van der Waals surface area contributed by atoms with E-state index < -0.39 is 5.60 Å². The Hall–Kier alpha value is -0.420. The van der Waals surface area contributed by atoms with Crippen LogP contribution in [0, 0.1) is 0 Å². The predicted molar refractivity (Wildman–Crippen MR) is 76.9 cm³/mol. The summed E-state index contributed by atoms with van der Waals surface area (Å²) in [4.78, 5) is 3.78. The Balaban J connectivity index is 2.13. The highest BCUT2D eigenvalue weighted by molar-refractivity contribution is 7.09. The fraction of sp³-hybridized carbons (Fsp3) is 0.714. The first-order chi connectivity index (χ1) is 8.50. The minimum absolute atomic E-state index is 0.188. The van der Waals surface area contributed by atoms with E-state index in [9.17, 15) is 5.11 Å². The number of hydrogen-bond donors (Lipinski definition) is 2. The molecule has 3 nitrogen and oxygen atoms in total. The van der Waals surface area contributed by atoms with Crippen LogP contribution in [0.5, 0.6) is 0 Å². The summed E-state index contributed by atoms with van der Waals surface area (Å²) >= 11 is 1.79. The maximum absolute atomic E-state index is 10.6. The SMILES string of the molecule is CC(C)N(Cc1cccs1)C1CNCCC1(C)O. The molecule has 2 rings (SSSR count). The highest BCUT2D eigenvalue weighted by atomic mass is 32.1. The smallest absolute Gasteiger partial charge is 0.0798 e. The van der Waals surface area contributed by atoms with Crippen LogP contribution in [0.2, 0.25) is 0 Å². The lowest BCUT2D eigenvalue weighted by Crippen LogP contribution is -2.61. The first kappa shape index (κ1) is 14.0. The lowest BCUT2D eigenvalue weighted by Gasteiger charge is -2.46. The molecule has 2 heterocycles.